The van der Waals surface area contributed by atoms with Crippen molar-refractivity contribution in [2.45, 2.75) is 60.9 Å². The minimum atomic E-state index is -1.34. The molecule has 0 aliphatic heterocycles. The molecule has 1 aromatic heterocycles. The summed E-state index contributed by atoms with van der Waals surface area (Å²) in [4.78, 5) is 53.8. The Morgan fingerprint density at radius 2 is 1.57 bits per heavy atom. The van der Waals surface area contributed by atoms with Crippen LogP contribution in [0, 0.1) is 19.7 Å². The smallest absolute Gasteiger partial charge is 0.417 e. The van der Waals surface area contributed by atoms with Crippen molar-refractivity contribution < 1.29 is 37.8 Å². The second-order valence-corrected chi connectivity index (χ2v) is 11.9. The summed E-state index contributed by atoms with van der Waals surface area (Å²) in [7, 11) is 0. The summed E-state index contributed by atoms with van der Waals surface area (Å²) in [6, 6.07) is 10.7. The number of pyridine rings is 1. The van der Waals surface area contributed by atoms with Crippen LogP contribution in [0.5, 0.6) is 5.88 Å². The average molecular weight is 675 g/mol. The highest BCUT2D eigenvalue weighted by Crippen LogP contribution is 2.34. The zero-order chi connectivity index (χ0) is 36.2. The van der Waals surface area contributed by atoms with Gasteiger partial charge in [-0.15, -0.1) is 0 Å². The summed E-state index contributed by atoms with van der Waals surface area (Å²) in [6.45, 7) is 12.4. The molecular formula is C37H43FN4O7. The van der Waals surface area contributed by atoms with Crippen molar-refractivity contribution in [3.05, 3.63) is 88.9 Å². The number of anilines is 1. The number of primary amides is 1. The maximum atomic E-state index is 15.8. The Balaban J connectivity index is 1.80. The predicted octanol–water partition coefficient (Wildman–Crippen LogP) is 6.31. The lowest BCUT2D eigenvalue weighted by atomic mass is 9.92. The molecule has 260 valence electrons. The van der Waals surface area contributed by atoms with Gasteiger partial charge in [0.1, 0.15) is 18.5 Å². The third kappa shape index (κ3) is 11.3. The number of nitrogens with two attached hydrogens (primary N) is 1. The highest BCUT2D eigenvalue weighted by molar-refractivity contribution is 5.90. The fraction of sp³-hybridized carbons (Fsp3) is 0.324. The van der Waals surface area contributed by atoms with Gasteiger partial charge in [-0.1, -0.05) is 29.4 Å². The van der Waals surface area contributed by atoms with Crippen LogP contribution in [0.1, 0.15) is 52.2 Å². The van der Waals surface area contributed by atoms with Crippen LogP contribution in [-0.4, -0.2) is 54.8 Å². The Labute approximate surface area is 285 Å². The maximum absolute atomic E-state index is 15.8. The highest BCUT2D eigenvalue weighted by atomic mass is 19.1. The number of hydrogen-bond acceptors (Lipinski definition) is 8. The number of ether oxygens (including phenoxy) is 3. The first-order valence-electron chi connectivity index (χ1n) is 15.6. The van der Waals surface area contributed by atoms with Gasteiger partial charge in [-0.25, -0.2) is 19.0 Å². The molecule has 1 unspecified atom stereocenters. The van der Waals surface area contributed by atoms with Crippen LogP contribution in [-0.2, 0) is 23.9 Å². The van der Waals surface area contributed by atoms with Gasteiger partial charge in [0.25, 0.3) is 0 Å². The number of amides is 3. The summed E-state index contributed by atoms with van der Waals surface area (Å²) in [6.07, 6.45) is 4.06. The summed E-state index contributed by atoms with van der Waals surface area (Å²) >= 11 is 0. The molecule has 3 amide bonds. The van der Waals surface area contributed by atoms with Crippen LogP contribution in [0.25, 0.3) is 22.3 Å². The Morgan fingerprint density at radius 3 is 2.16 bits per heavy atom. The lowest BCUT2D eigenvalue weighted by Crippen LogP contribution is -2.43. The number of benzene rings is 2. The van der Waals surface area contributed by atoms with E-state index in [2.05, 4.69) is 10.3 Å². The van der Waals surface area contributed by atoms with Gasteiger partial charge in [-0.2, -0.15) is 0 Å². The number of aromatic nitrogens is 1. The molecule has 0 saturated heterocycles. The topological polar surface area (TPSA) is 150 Å². The molecule has 0 bridgehead atoms. The van der Waals surface area contributed by atoms with E-state index in [4.69, 9.17) is 19.9 Å². The van der Waals surface area contributed by atoms with Crippen molar-refractivity contribution in [3.63, 3.8) is 0 Å². The molecule has 1 heterocycles. The first kappa shape index (κ1) is 37.9. The number of esters is 1. The zero-order valence-electron chi connectivity index (χ0n) is 28.9. The molecule has 3 aromatic rings. The predicted molar refractivity (Wildman–Crippen MR) is 185 cm³/mol. The first-order chi connectivity index (χ1) is 23.2. The van der Waals surface area contributed by atoms with Crippen LogP contribution >= 0.6 is 0 Å². The molecule has 2 aromatic carbocycles. The standard InChI is InChI=1S/C37H43FN4O7/c1-22(2)12-14-42(37(46)49-21-48-36(45)33(19-34(39)44)41-26(7)43)28-9-10-29(32(38)18-28)31-17-24(5)30(16-25(31)6)27-8-11-35(40-20-27)47-15-13-23(3)4/h8-13,16-18,20,33H,14-15,19,21H2,1-7H3,(H2,39,44)(H,41,43). The molecule has 12 heteroatoms. The number of aryl methyl sites for hydroxylation is 2. The second-order valence-electron chi connectivity index (χ2n) is 11.9. The van der Waals surface area contributed by atoms with Crippen molar-refractivity contribution in [1.29, 1.82) is 0 Å². The minimum Gasteiger partial charge on any atom is -0.473 e. The van der Waals surface area contributed by atoms with Crippen LogP contribution in [0.15, 0.2) is 72.0 Å². The SMILES string of the molecule is CC(=O)NC(CC(N)=O)C(=O)OCOC(=O)N(CC=C(C)C)c1ccc(-c2cc(C)c(-c3ccc(OCC=C(C)C)nc3)cc2C)c(F)c1. The molecule has 0 fully saturated rings. The van der Waals surface area contributed by atoms with Crippen molar-refractivity contribution >= 4 is 29.6 Å². The number of carbonyl (C=O) groups excluding carboxylic acids is 4. The molecule has 0 radical (unpaired) electrons. The quantitative estimate of drug-likeness (QED) is 0.115. The van der Waals surface area contributed by atoms with E-state index < -0.39 is 48.9 Å². The molecule has 3 rings (SSSR count). The largest absolute Gasteiger partial charge is 0.473 e. The van der Waals surface area contributed by atoms with E-state index in [1.165, 1.54) is 11.0 Å². The third-order valence-electron chi connectivity index (χ3n) is 7.25. The average Bonchev–Trinajstić information content (AvgIpc) is 3.01. The van der Waals surface area contributed by atoms with Crippen LogP contribution in [0.4, 0.5) is 14.9 Å². The number of halogens is 1. The van der Waals surface area contributed by atoms with Crippen molar-refractivity contribution in [1.82, 2.24) is 10.3 Å². The van der Waals surface area contributed by atoms with Crippen LogP contribution < -0.4 is 20.7 Å². The number of carbonyl (C=O) groups is 4. The van der Waals surface area contributed by atoms with E-state index >= 15 is 4.39 Å². The van der Waals surface area contributed by atoms with Gasteiger partial charge in [-0.3, -0.25) is 14.5 Å². The summed E-state index contributed by atoms with van der Waals surface area (Å²) < 4.78 is 31.6. The fourth-order valence-corrected chi connectivity index (χ4v) is 4.74. The monoisotopic (exact) mass is 674 g/mol. The number of rotatable bonds is 14. The molecule has 1 atom stereocenters. The van der Waals surface area contributed by atoms with Crippen molar-refractivity contribution in [2.75, 3.05) is 24.8 Å². The van der Waals surface area contributed by atoms with E-state index in [1.807, 2.05) is 71.9 Å². The van der Waals surface area contributed by atoms with E-state index in [0.29, 0.717) is 23.6 Å². The van der Waals surface area contributed by atoms with Gasteiger partial charge >= 0.3 is 12.1 Å². The van der Waals surface area contributed by atoms with Gasteiger partial charge in [-0.05, 0) is 94.1 Å². The van der Waals surface area contributed by atoms with E-state index in [1.54, 1.807) is 24.4 Å². The molecule has 0 aliphatic carbocycles. The summed E-state index contributed by atoms with van der Waals surface area (Å²) in [5, 5.41) is 2.26. The van der Waals surface area contributed by atoms with E-state index in [0.717, 1.165) is 40.3 Å². The van der Waals surface area contributed by atoms with E-state index in [-0.39, 0.29) is 12.2 Å². The lowest BCUT2D eigenvalue weighted by Gasteiger charge is -2.22. The zero-order valence-corrected chi connectivity index (χ0v) is 28.9. The summed E-state index contributed by atoms with van der Waals surface area (Å²) in [5.41, 5.74) is 12.1. The highest BCUT2D eigenvalue weighted by Gasteiger charge is 2.25. The number of nitrogens with one attached hydrogen (secondary N) is 1. The Kier molecular flexibility index (Phi) is 13.6. The second kappa shape index (κ2) is 17.6. The van der Waals surface area contributed by atoms with Gasteiger partial charge < -0.3 is 25.3 Å². The molecule has 0 aliphatic rings. The van der Waals surface area contributed by atoms with Crippen molar-refractivity contribution in [2.24, 2.45) is 5.73 Å². The number of hydrogen-bond donors (Lipinski definition) is 2. The van der Waals surface area contributed by atoms with Crippen LogP contribution in [0.2, 0.25) is 0 Å². The third-order valence-corrected chi connectivity index (χ3v) is 7.25. The number of nitrogens with zero attached hydrogens (tertiary/aromatic N) is 2. The normalized spacial score (nSPS) is 11.1. The van der Waals surface area contributed by atoms with Gasteiger partial charge in [0, 0.05) is 36.9 Å². The van der Waals surface area contributed by atoms with Gasteiger partial charge in [0.2, 0.25) is 24.5 Å². The molecule has 3 N–H and O–H groups in total. The molecule has 0 spiro atoms. The molecule has 11 nitrogen and oxygen atoms in total. The van der Waals surface area contributed by atoms with E-state index in [9.17, 15) is 19.2 Å². The Hall–Kier alpha value is -5.52. The maximum Gasteiger partial charge on any atom is 0.417 e. The lowest BCUT2D eigenvalue weighted by molar-refractivity contribution is -0.156. The van der Waals surface area contributed by atoms with Crippen LogP contribution in [0.3, 0.4) is 0 Å². The molecule has 0 saturated carbocycles. The fourth-order valence-electron chi connectivity index (χ4n) is 4.74. The van der Waals surface area contributed by atoms with Gasteiger partial charge in [0.15, 0.2) is 0 Å². The summed E-state index contributed by atoms with van der Waals surface area (Å²) in [5.74, 6) is -2.46. The molecule has 49 heavy (non-hydrogen) atoms. The van der Waals surface area contributed by atoms with Crippen molar-refractivity contribution in [3.8, 4) is 28.1 Å². The van der Waals surface area contributed by atoms with Gasteiger partial charge in [0.05, 0.1) is 12.1 Å². The first-order valence-corrected chi connectivity index (χ1v) is 15.6. The Morgan fingerprint density at radius 1 is 0.898 bits per heavy atom. The molecular weight excluding hydrogens is 631 g/mol. The Bertz CT molecular complexity index is 1730. The minimum absolute atomic E-state index is 0.0454. The number of allylic oxidation sites excluding steroid dienone is 2.